The minimum absolute atomic E-state index is 0.244. The number of methoxy groups -OCH3 is 1. The van der Waals surface area contributed by atoms with Crippen molar-refractivity contribution in [3.8, 4) is 11.4 Å². The molecule has 28 heavy (non-hydrogen) atoms. The van der Waals surface area contributed by atoms with Gasteiger partial charge in [0.2, 0.25) is 5.91 Å². The number of aromatic amines is 1. The van der Waals surface area contributed by atoms with Crippen molar-refractivity contribution < 1.29 is 14.3 Å². The molecule has 3 aromatic rings. The van der Waals surface area contributed by atoms with Crippen LogP contribution in [0.25, 0.3) is 5.69 Å². The number of hydrogen-bond acceptors (Lipinski definition) is 4. The van der Waals surface area contributed by atoms with Crippen LogP contribution in [0.2, 0.25) is 0 Å². The van der Waals surface area contributed by atoms with Gasteiger partial charge in [0, 0.05) is 30.4 Å². The van der Waals surface area contributed by atoms with E-state index in [-0.39, 0.29) is 17.5 Å². The molecule has 0 aliphatic heterocycles. The van der Waals surface area contributed by atoms with Crippen molar-refractivity contribution in [2.75, 3.05) is 17.7 Å². The molecular weight excluding hydrogens is 360 g/mol. The van der Waals surface area contributed by atoms with E-state index in [2.05, 4.69) is 15.6 Å². The quantitative estimate of drug-likeness (QED) is 0.633. The lowest BCUT2D eigenvalue weighted by molar-refractivity contribution is -0.114. The second-order valence-corrected chi connectivity index (χ2v) is 6.16. The lowest BCUT2D eigenvalue weighted by atomic mass is 10.1. The number of amides is 2. The molecule has 3 N–H and O–H groups in total. The summed E-state index contributed by atoms with van der Waals surface area (Å²) in [5.74, 6) is -0.0658. The van der Waals surface area contributed by atoms with Gasteiger partial charge >= 0.3 is 5.69 Å². The number of nitrogens with one attached hydrogen (secondary N) is 3. The summed E-state index contributed by atoms with van der Waals surface area (Å²) in [6.45, 7) is 3.20. The molecule has 2 amide bonds. The molecule has 0 radical (unpaired) electrons. The Labute approximate surface area is 161 Å². The maximum atomic E-state index is 12.6. The Kier molecular flexibility index (Phi) is 5.30. The van der Waals surface area contributed by atoms with E-state index in [0.717, 1.165) is 5.69 Å². The third-order valence-electron chi connectivity index (χ3n) is 4.13. The Balaban J connectivity index is 1.85. The molecular formula is C20H20N4O4. The Morgan fingerprint density at radius 2 is 1.75 bits per heavy atom. The predicted molar refractivity (Wildman–Crippen MR) is 106 cm³/mol. The summed E-state index contributed by atoms with van der Waals surface area (Å²) in [5.41, 5.74) is 2.46. The Morgan fingerprint density at radius 3 is 2.32 bits per heavy atom. The van der Waals surface area contributed by atoms with E-state index in [1.807, 2.05) is 6.92 Å². The van der Waals surface area contributed by atoms with Crippen LogP contribution in [-0.2, 0) is 4.79 Å². The number of aromatic nitrogens is 2. The van der Waals surface area contributed by atoms with E-state index in [1.165, 1.54) is 18.6 Å². The van der Waals surface area contributed by atoms with Crippen LogP contribution in [0.3, 0.4) is 0 Å². The first kappa shape index (κ1) is 19.0. The van der Waals surface area contributed by atoms with Crippen molar-refractivity contribution in [2.24, 2.45) is 0 Å². The van der Waals surface area contributed by atoms with Crippen molar-refractivity contribution in [3.63, 3.8) is 0 Å². The van der Waals surface area contributed by atoms with E-state index < -0.39 is 0 Å². The van der Waals surface area contributed by atoms with Crippen molar-refractivity contribution in [2.45, 2.75) is 13.8 Å². The molecule has 0 fully saturated rings. The number of imidazole rings is 1. The molecule has 0 saturated carbocycles. The minimum atomic E-state index is -0.357. The zero-order valence-corrected chi connectivity index (χ0v) is 15.7. The molecule has 0 unspecified atom stereocenters. The van der Waals surface area contributed by atoms with Crippen molar-refractivity contribution in [3.05, 3.63) is 70.4 Å². The third-order valence-corrected chi connectivity index (χ3v) is 4.13. The fraction of sp³-hybridized carbons (Fsp3) is 0.150. The van der Waals surface area contributed by atoms with Gasteiger partial charge in [-0.25, -0.2) is 4.79 Å². The summed E-state index contributed by atoms with van der Waals surface area (Å²) in [7, 11) is 1.52. The number of aryl methyl sites for hydroxylation is 1. The second kappa shape index (κ2) is 7.83. The Morgan fingerprint density at radius 1 is 1.04 bits per heavy atom. The van der Waals surface area contributed by atoms with Crippen LogP contribution in [-0.4, -0.2) is 28.5 Å². The van der Waals surface area contributed by atoms with Gasteiger partial charge in [-0.3, -0.25) is 14.2 Å². The third kappa shape index (κ3) is 3.96. The molecule has 0 saturated heterocycles. The van der Waals surface area contributed by atoms with Gasteiger partial charge in [0.15, 0.2) is 0 Å². The summed E-state index contributed by atoms with van der Waals surface area (Å²) >= 11 is 0. The number of H-pyrrole nitrogens is 1. The van der Waals surface area contributed by atoms with Gasteiger partial charge in [0.25, 0.3) is 5.91 Å². The molecule has 1 aromatic heterocycles. The molecule has 0 bridgehead atoms. The first-order valence-electron chi connectivity index (χ1n) is 8.53. The minimum Gasteiger partial charge on any atom is -0.497 e. The zero-order valence-electron chi connectivity index (χ0n) is 15.7. The molecule has 0 spiro atoms. The number of ether oxygens (including phenoxy) is 1. The maximum Gasteiger partial charge on any atom is 0.330 e. The SMILES string of the molecule is COc1ccc(NC(C)=O)c(NC(=O)c2ccc(-n3c(C)c[nH]c3=O)cc2)c1. The van der Waals surface area contributed by atoms with Crippen LogP contribution in [0.15, 0.2) is 53.5 Å². The van der Waals surface area contributed by atoms with Gasteiger partial charge in [0.1, 0.15) is 5.75 Å². The van der Waals surface area contributed by atoms with E-state index in [1.54, 1.807) is 48.7 Å². The summed E-state index contributed by atoms with van der Waals surface area (Å²) in [6.07, 6.45) is 1.62. The number of rotatable bonds is 5. The highest BCUT2D eigenvalue weighted by Gasteiger charge is 2.12. The largest absolute Gasteiger partial charge is 0.497 e. The van der Waals surface area contributed by atoms with Gasteiger partial charge < -0.3 is 20.4 Å². The fourth-order valence-corrected chi connectivity index (χ4v) is 2.79. The fourth-order valence-electron chi connectivity index (χ4n) is 2.79. The maximum absolute atomic E-state index is 12.6. The lowest BCUT2D eigenvalue weighted by Crippen LogP contribution is -2.17. The number of hydrogen-bond donors (Lipinski definition) is 3. The molecule has 0 aliphatic carbocycles. The highest BCUT2D eigenvalue weighted by atomic mass is 16.5. The number of benzene rings is 2. The van der Waals surface area contributed by atoms with Gasteiger partial charge in [-0.2, -0.15) is 0 Å². The molecule has 0 atom stereocenters. The second-order valence-electron chi connectivity index (χ2n) is 6.16. The molecule has 2 aromatic carbocycles. The molecule has 3 rings (SSSR count). The highest BCUT2D eigenvalue weighted by Crippen LogP contribution is 2.27. The number of carbonyl (C=O) groups is 2. The van der Waals surface area contributed by atoms with Crippen molar-refractivity contribution in [1.82, 2.24) is 9.55 Å². The zero-order chi connectivity index (χ0) is 20.3. The molecule has 1 heterocycles. The first-order valence-corrected chi connectivity index (χ1v) is 8.53. The molecule has 0 aliphatic rings. The van der Waals surface area contributed by atoms with Crippen LogP contribution >= 0.6 is 0 Å². The van der Waals surface area contributed by atoms with Crippen LogP contribution in [0, 0.1) is 6.92 Å². The van der Waals surface area contributed by atoms with E-state index in [9.17, 15) is 14.4 Å². The number of nitrogens with zero attached hydrogens (tertiary/aromatic N) is 1. The molecule has 8 heteroatoms. The standard InChI is InChI=1S/C20H20N4O4/c1-12-11-21-20(27)24(12)15-6-4-14(5-7-15)19(26)23-18-10-16(28-3)8-9-17(18)22-13(2)25/h4-11H,1-3H3,(H,21,27)(H,22,25)(H,23,26). The van der Waals surface area contributed by atoms with Crippen molar-refractivity contribution >= 4 is 23.2 Å². The summed E-state index contributed by atoms with van der Waals surface area (Å²) in [5, 5.41) is 5.45. The van der Waals surface area contributed by atoms with Gasteiger partial charge in [-0.15, -0.1) is 0 Å². The van der Waals surface area contributed by atoms with Gasteiger partial charge in [-0.05, 0) is 43.3 Å². The van der Waals surface area contributed by atoms with E-state index >= 15 is 0 Å². The summed E-state index contributed by atoms with van der Waals surface area (Å²) < 4.78 is 6.69. The predicted octanol–water partition coefficient (Wildman–Crippen LogP) is 2.69. The van der Waals surface area contributed by atoms with Crippen molar-refractivity contribution in [1.29, 1.82) is 0 Å². The number of anilines is 2. The average Bonchev–Trinajstić information content (AvgIpc) is 3.01. The molecule has 8 nitrogen and oxygen atoms in total. The van der Waals surface area contributed by atoms with E-state index in [4.69, 9.17) is 4.74 Å². The van der Waals surface area contributed by atoms with Crippen LogP contribution < -0.4 is 21.1 Å². The number of carbonyl (C=O) groups excluding carboxylic acids is 2. The monoisotopic (exact) mass is 380 g/mol. The first-order chi connectivity index (χ1) is 13.4. The topological polar surface area (TPSA) is 105 Å². The van der Waals surface area contributed by atoms with Gasteiger partial charge in [0.05, 0.1) is 24.2 Å². The van der Waals surface area contributed by atoms with Gasteiger partial charge in [-0.1, -0.05) is 0 Å². The summed E-state index contributed by atoms with van der Waals surface area (Å²) in [6, 6.07) is 11.6. The Hall–Kier alpha value is -3.81. The van der Waals surface area contributed by atoms with Crippen LogP contribution in [0.4, 0.5) is 11.4 Å². The average molecular weight is 380 g/mol. The summed E-state index contributed by atoms with van der Waals surface area (Å²) in [4.78, 5) is 38.5. The van der Waals surface area contributed by atoms with Crippen LogP contribution in [0.1, 0.15) is 23.0 Å². The highest BCUT2D eigenvalue weighted by molar-refractivity contribution is 6.07. The lowest BCUT2D eigenvalue weighted by Gasteiger charge is -2.13. The van der Waals surface area contributed by atoms with Crippen LogP contribution in [0.5, 0.6) is 5.75 Å². The molecule has 144 valence electrons. The Bertz CT molecular complexity index is 1080. The normalized spacial score (nSPS) is 10.4. The smallest absolute Gasteiger partial charge is 0.330 e. The van der Waals surface area contributed by atoms with E-state index in [0.29, 0.717) is 28.4 Å².